The summed E-state index contributed by atoms with van der Waals surface area (Å²) in [4.78, 5) is 10.9. The third-order valence-electron chi connectivity index (χ3n) is 2.29. The van der Waals surface area contributed by atoms with Gasteiger partial charge in [-0.2, -0.15) is 0 Å². The van der Waals surface area contributed by atoms with Crippen LogP contribution in [0.2, 0.25) is 0 Å². The molecule has 2 N–H and O–H groups in total. The van der Waals surface area contributed by atoms with Gasteiger partial charge in [0.05, 0.1) is 7.11 Å². The topological polar surface area (TPSA) is 52.3 Å². The summed E-state index contributed by atoms with van der Waals surface area (Å²) >= 11 is 0. The van der Waals surface area contributed by atoms with Crippen LogP contribution in [0.4, 0.5) is 0 Å². The first-order chi connectivity index (χ1) is 7.22. The highest BCUT2D eigenvalue weighted by Crippen LogP contribution is 2.05. The van der Waals surface area contributed by atoms with Gasteiger partial charge < -0.3 is 10.5 Å². The normalized spacial score (nSPS) is 11.4. The van der Waals surface area contributed by atoms with Crippen LogP contribution in [0.25, 0.3) is 0 Å². The van der Waals surface area contributed by atoms with Gasteiger partial charge in [-0.25, -0.2) is 0 Å². The minimum absolute atomic E-state index is 0. The lowest BCUT2D eigenvalue weighted by Gasteiger charge is -2.10. The Morgan fingerprint density at radius 3 is 2.56 bits per heavy atom. The number of esters is 1. The van der Waals surface area contributed by atoms with Crippen molar-refractivity contribution in [3.05, 3.63) is 35.9 Å². The first-order valence-corrected chi connectivity index (χ1v) is 5.08. The Labute approximate surface area is 102 Å². The van der Waals surface area contributed by atoms with Gasteiger partial charge in [-0.15, -0.1) is 12.4 Å². The van der Waals surface area contributed by atoms with E-state index in [2.05, 4.69) is 4.74 Å². The number of benzene rings is 1. The lowest BCUT2D eigenvalue weighted by atomic mass is 10.0. The van der Waals surface area contributed by atoms with Crippen molar-refractivity contribution in [1.82, 2.24) is 0 Å². The maximum absolute atomic E-state index is 10.9. The van der Waals surface area contributed by atoms with Gasteiger partial charge in [0.2, 0.25) is 0 Å². The van der Waals surface area contributed by atoms with E-state index in [1.165, 1.54) is 12.7 Å². The van der Waals surface area contributed by atoms with Crippen molar-refractivity contribution in [2.75, 3.05) is 7.11 Å². The van der Waals surface area contributed by atoms with Gasteiger partial charge in [-0.3, -0.25) is 4.79 Å². The fourth-order valence-corrected chi connectivity index (χ4v) is 1.42. The molecule has 1 aromatic carbocycles. The molecule has 1 atom stereocenters. The fourth-order valence-electron chi connectivity index (χ4n) is 1.42. The van der Waals surface area contributed by atoms with Crippen molar-refractivity contribution in [3.8, 4) is 0 Å². The van der Waals surface area contributed by atoms with E-state index in [-0.39, 0.29) is 24.4 Å². The molecule has 0 aromatic heterocycles. The fraction of sp³-hybridized carbons (Fsp3) is 0.417. The van der Waals surface area contributed by atoms with E-state index in [1.54, 1.807) is 0 Å². The zero-order valence-electron chi connectivity index (χ0n) is 9.39. The second kappa shape index (κ2) is 8.13. The Hall–Kier alpha value is -1.06. The number of carbonyl (C=O) groups is 1. The van der Waals surface area contributed by atoms with Crippen LogP contribution >= 0.6 is 12.4 Å². The number of hydrogen-bond donors (Lipinski definition) is 1. The molecule has 90 valence electrons. The zero-order valence-corrected chi connectivity index (χ0v) is 10.2. The number of halogens is 1. The molecule has 0 radical (unpaired) electrons. The van der Waals surface area contributed by atoms with E-state index in [4.69, 9.17) is 5.73 Å². The van der Waals surface area contributed by atoms with Gasteiger partial charge in [0, 0.05) is 12.5 Å². The number of rotatable bonds is 5. The monoisotopic (exact) mass is 243 g/mol. The van der Waals surface area contributed by atoms with E-state index < -0.39 is 0 Å². The van der Waals surface area contributed by atoms with Gasteiger partial charge >= 0.3 is 5.97 Å². The second-order valence-corrected chi connectivity index (χ2v) is 3.56. The molecule has 3 nitrogen and oxygen atoms in total. The van der Waals surface area contributed by atoms with Crippen LogP contribution in [0.1, 0.15) is 18.4 Å². The van der Waals surface area contributed by atoms with E-state index in [0.717, 1.165) is 6.42 Å². The first kappa shape index (κ1) is 14.9. The maximum atomic E-state index is 10.9. The van der Waals surface area contributed by atoms with Crippen molar-refractivity contribution in [1.29, 1.82) is 0 Å². The summed E-state index contributed by atoms with van der Waals surface area (Å²) in [6.45, 7) is 0. The molecule has 0 saturated carbocycles. The Morgan fingerprint density at radius 2 is 2.00 bits per heavy atom. The molecule has 0 aliphatic rings. The minimum atomic E-state index is -0.196. The summed E-state index contributed by atoms with van der Waals surface area (Å²) in [5, 5.41) is 0. The average Bonchev–Trinajstić information content (AvgIpc) is 2.27. The lowest BCUT2D eigenvalue weighted by molar-refractivity contribution is -0.140. The number of ether oxygens (including phenoxy) is 1. The van der Waals surface area contributed by atoms with Crippen LogP contribution in [0, 0.1) is 0 Å². The minimum Gasteiger partial charge on any atom is -0.469 e. The molecule has 1 aromatic rings. The summed E-state index contributed by atoms with van der Waals surface area (Å²) in [7, 11) is 1.39. The highest BCUT2D eigenvalue weighted by molar-refractivity contribution is 5.85. The first-order valence-electron chi connectivity index (χ1n) is 5.08. The molecule has 0 heterocycles. The molecule has 0 aliphatic carbocycles. The number of nitrogens with two attached hydrogens (primary N) is 1. The van der Waals surface area contributed by atoms with E-state index in [1.807, 2.05) is 30.3 Å². The van der Waals surface area contributed by atoms with Gasteiger partial charge in [-0.1, -0.05) is 30.3 Å². The summed E-state index contributed by atoms with van der Waals surface area (Å²) in [6.07, 6.45) is 1.86. The molecule has 0 saturated heterocycles. The molecule has 0 unspecified atom stereocenters. The quantitative estimate of drug-likeness (QED) is 0.804. The molecule has 0 amide bonds. The Morgan fingerprint density at radius 1 is 1.38 bits per heavy atom. The smallest absolute Gasteiger partial charge is 0.305 e. The van der Waals surface area contributed by atoms with Crippen LogP contribution in [0.5, 0.6) is 0 Å². The Bertz CT molecular complexity index is 303. The predicted octanol–water partition coefficient (Wildman–Crippen LogP) is 1.93. The van der Waals surface area contributed by atoms with Gasteiger partial charge in [0.25, 0.3) is 0 Å². The van der Waals surface area contributed by atoms with Crippen LogP contribution in [-0.2, 0) is 16.0 Å². The second-order valence-electron chi connectivity index (χ2n) is 3.56. The molecule has 0 fully saturated rings. The molecule has 4 heteroatoms. The number of carbonyl (C=O) groups excluding carboxylic acids is 1. The van der Waals surface area contributed by atoms with Gasteiger partial charge in [-0.05, 0) is 18.4 Å². The largest absolute Gasteiger partial charge is 0.469 e. The summed E-state index contributed by atoms with van der Waals surface area (Å²) in [5.41, 5.74) is 7.10. The van der Waals surface area contributed by atoms with Crippen LogP contribution < -0.4 is 5.73 Å². The third kappa shape index (κ3) is 5.73. The molecule has 0 aliphatic heterocycles. The van der Waals surface area contributed by atoms with Crippen molar-refractivity contribution in [2.24, 2.45) is 5.73 Å². The molecule has 16 heavy (non-hydrogen) atoms. The van der Waals surface area contributed by atoms with Crippen molar-refractivity contribution < 1.29 is 9.53 Å². The molecule has 1 rings (SSSR count). The summed E-state index contributed by atoms with van der Waals surface area (Å²) < 4.78 is 4.56. The van der Waals surface area contributed by atoms with Gasteiger partial charge in [0.15, 0.2) is 0 Å². The maximum Gasteiger partial charge on any atom is 0.305 e. The standard InChI is InChI=1S/C12H17NO2.ClH/c1-15-12(14)8-7-11(13)9-10-5-3-2-4-6-10;/h2-6,11H,7-9,13H2,1H3;1H/t11-;/m1./s1. The molecule has 0 bridgehead atoms. The van der Waals surface area contributed by atoms with Crippen molar-refractivity contribution in [3.63, 3.8) is 0 Å². The zero-order chi connectivity index (χ0) is 11.1. The summed E-state index contributed by atoms with van der Waals surface area (Å²) in [5.74, 6) is -0.196. The van der Waals surface area contributed by atoms with Crippen LogP contribution in [-0.4, -0.2) is 19.1 Å². The predicted molar refractivity (Wildman–Crippen MR) is 66.6 cm³/mol. The highest BCUT2D eigenvalue weighted by atomic mass is 35.5. The van der Waals surface area contributed by atoms with Crippen LogP contribution in [0.15, 0.2) is 30.3 Å². The van der Waals surface area contributed by atoms with E-state index in [9.17, 15) is 4.79 Å². The van der Waals surface area contributed by atoms with Crippen LogP contribution in [0.3, 0.4) is 0 Å². The lowest BCUT2D eigenvalue weighted by Crippen LogP contribution is -2.24. The average molecular weight is 244 g/mol. The van der Waals surface area contributed by atoms with E-state index in [0.29, 0.717) is 12.8 Å². The SMILES string of the molecule is COC(=O)CC[C@@H](N)Cc1ccccc1.Cl. The van der Waals surface area contributed by atoms with Gasteiger partial charge in [0.1, 0.15) is 0 Å². The summed E-state index contributed by atoms with van der Waals surface area (Å²) in [6, 6.07) is 10.1. The van der Waals surface area contributed by atoms with E-state index >= 15 is 0 Å². The highest BCUT2D eigenvalue weighted by Gasteiger charge is 2.07. The van der Waals surface area contributed by atoms with Crippen molar-refractivity contribution in [2.45, 2.75) is 25.3 Å². The Kier molecular flexibility index (Phi) is 7.60. The Balaban J connectivity index is 0.00000225. The molecular weight excluding hydrogens is 226 g/mol. The molecular formula is C12H18ClNO2. The number of methoxy groups -OCH3 is 1. The third-order valence-corrected chi connectivity index (χ3v) is 2.29. The van der Waals surface area contributed by atoms with Crippen molar-refractivity contribution >= 4 is 18.4 Å². The number of hydrogen-bond acceptors (Lipinski definition) is 3. The molecule has 0 spiro atoms.